The third-order valence-corrected chi connectivity index (χ3v) is 8.40. The second-order valence-corrected chi connectivity index (χ2v) is 10.6. The van der Waals surface area contributed by atoms with Gasteiger partial charge in [0.05, 0.1) is 5.56 Å². The minimum Gasteiger partial charge on any atom is -0.368 e. The van der Waals surface area contributed by atoms with Crippen molar-refractivity contribution < 1.29 is 22.8 Å². The molecule has 0 atom stereocenters. The number of halogens is 3. The second-order valence-electron chi connectivity index (χ2n) is 10.6. The predicted octanol–water partition coefficient (Wildman–Crippen LogP) is 3.31. The highest BCUT2D eigenvalue weighted by molar-refractivity contribution is 5.95. The molecule has 2 fully saturated rings. The maximum Gasteiger partial charge on any atom is 0.416 e. The number of likely N-dealkylation sites (tertiary alicyclic amines) is 2. The Balaban J connectivity index is 1.32. The van der Waals surface area contributed by atoms with Crippen LogP contribution < -0.4 is 10.6 Å². The van der Waals surface area contributed by atoms with Crippen molar-refractivity contribution in [2.24, 2.45) is 5.73 Å². The molecular formula is C27H33F3N6O2. The molecule has 8 nitrogen and oxygen atoms in total. The molecule has 2 amide bonds. The van der Waals surface area contributed by atoms with Crippen LogP contribution in [0.4, 0.5) is 19.0 Å². The molecule has 0 aliphatic carbocycles. The summed E-state index contributed by atoms with van der Waals surface area (Å²) in [5, 5.41) is 0. The van der Waals surface area contributed by atoms with Gasteiger partial charge in [-0.25, -0.2) is 9.97 Å². The van der Waals surface area contributed by atoms with Crippen molar-refractivity contribution >= 4 is 17.6 Å². The van der Waals surface area contributed by atoms with Crippen LogP contribution in [0.15, 0.2) is 24.5 Å². The zero-order valence-corrected chi connectivity index (χ0v) is 21.6. The van der Waals surface area contributed by atoms with Gasteiger partial charge in [-0.2, -0.15) is 13.2 Å². The van der Waals surface area contributed by atoms with E-state index in [0.717, 1.165) is 44.0 Å². The van der Waals surface area contributed by atoms with E-state index in [0.29, 0.717) is 55.8 Å². The first-order valence-corrected chi connectivity index (χ1v) is 13.2. The summed E-state index contributed by atoms with van der Waals surface area (Å²) >= 11 is 0. The number of fused-ring (bicyclic) bond motifs is 1. The standard InChI is InChI=1S/C27H33F3N6O2/c1-18-22(24(37)34-13-8-26(9-14-34,25(31)38)36-10-3-2-4-11-36)32-17-33-23(18)35-12-7-19-5-6-21(27(28,29)30)15-20(19)16-35/h5-6,15,17H,2-4,7-14,16H2,1H3,(H2,31,38). The number of amides is 2. The van der Waals surface area contributed by atoms with E-state index in [-0.39, 0.29) is 24.1 Å². The van der Waals surface area contributed by atoms with Crippen LogP contribution in [0.2, 0.25) is 0 Å². The number of carbonyl (C=O) groups is 2. The maximum atomic E-state index is 13.5. The second kappa shape index (κ2) is 10.2. The van der Waals surface area contributed by atoms with Gasteiger partial charge in [0.2, 0.25) is 5.91 Å². The number of rotatable bonds is 4. The molecule has 0 unspecified atom stereocenters. The van der Waals surface area contributed by atoms with Crippen molar-refractivity contribution in [3.05, 3.63) is 52.5 Å². The summed E-state index contributed by atoms with van der Waals surface area (Å²) in [6.07, 6.45) is 1.71. The van der Waals surface area contributed by atoms with E-state index in [9.17, 15) is 22.8 Å². The molecule has 3 aliphatic heterocycles. The molecule has 0 spiro atoms. The summed E-state index contributed by atoms with van der Waals surface area (Å²) in [6.45, 7) is 5.09. The zero-order chi connectivity index (χ0) is 27.1. The molecule has 4 heterocycles. The van der Waals surface area contributed by atoms with Crippen LogP contribution in [0, 0.1) is 6.92 Å². The van der Waals surface area contributed by atoms with Crippen LogP contribution in [0.25, 0.3) is 0 Å². The van der Waals surface area contributed by atoms with E-state index in [1.165, 1.54) is 12.4 Å². The average molecular weight is 531 g/mol. The van der Waals surface area contributed by atoms with Gasteiger partial charge in [-0.05, 0) is 75.4 Å². The highest BCUT2D eigenvalue weighted by Gasteiger charge is 2.46. The molecule has 1 aromatic heterocycles. The van der Waals surface area contributed by atoms with Gasteiger partial charge in [-0.3, -0.25) is 14.5 Å². The third-order valence-electron chi connectivity index (χ3n) is 8.40. The Morgan fingerprint density at radius 1 is 0.974 bits per heavy atom. The largest absolute Gasteiger partial charge is 0.416 e. The van der Waals surface area contributed by atoms with Gasteiger partial charge in [0.1, 0.15) is 23.4 Å². The SMILES string of the molecule is Cc1c(C(=O)N2CCC(C(N)=O)(N3CCCCC3)CC2)ncnc1N1CCc2ccc(C(F)(F)F)cc2C1. The number of hydrogen-bond donors (Lipinski definition) is 1. The lowest BCUT2D eigenvalue weighted by Crippen LogP contribution is -2.63. The summed E-state index contributed by atoms with van der Waals surface area (Å²) in [6, 6.07) is 3.87. The van der Waals surface area contributed by atoms with Crippen LogP contribution in [-0.2, 0) is 23.9 Å². The Bertz CT molecular complexity index is 1220. The van der Waals surface area contributed by atoms with E-state index in [1.807, 2.05) is 4.90 Å². The lowest BCUT2D eigenvalue weighted by molar-refractivity contribution is -0.137. The zero-order valence-electron chi connectivity index (χ0n) is 21.6. The number of alkyl halides is 3. The van der Waals surface area contributed by atoms with Gasteiger partial charge >= 0.3 is 6.18 Å². The number of carbonyl (C=O) groups excluding carboxylic acids is 2. The molecule has 2 aromatic rings. The summed E-state index contributed by atoms with van der Waals surface area (Å²) in [7, 11) is 0. The fourth-order valence-corrected chi connectivity index (χ4v) is 6.16. The summed E-state index contributed by atoms with van der Waals surface area (Å²) < 4.78 is 39.8. The van der Waals surface area contributed by atoms with Crippen molar-refractivity contribution in [2.45, 2.75) is 63.7 Å². The van der Waals surface area contributed by atoms with Gasteiger partial charge in [0, 0.05) is 31.7 Å². The highest BCUT2D eigenvalue weighted by Crippen LogP contribution is 2.35. The lowest BCUT2D eigenvalue weighted by atomic mass is 9.83. The smallest absolute Gasteiger partial charge is 0.368 e. The molecule has 0 saturated carbocycles. The summed E-state index contributed by atoms with van der Waals surface area (Å²) in [5.41, 5.74) is 6.85. The minimum absolute atomic E-state index is 0.236. The number of primary amides is 1. The number of benzene rings is 1. The maximum absolute atomic E-state index is 13.5. The van der Waals surface area contributed by atoms with Crippen LogP contribution in [0.5, 0.6) is 0 Å². The number of anilines is 1. The molecule has 0 radical (unpaired) electrons. The monoisotopic (exact) mass is 530 g/mol. The van der Waals surface area contributed by atoms with Gasteiger partial charge in [0.15, 0.2) is 0 Å². The summed E-state index contributed by atoms with van der Waals surface area (Å²) in [5.74, 6) is -0.0195. The fraction of sp³-hybridized carbons (Fsp3) is 0.556. The van der Waals surface area contributed by atoms with Gasteiger partial charge < -0.3 is 15.5 Å². The number of nitrogens with zero attached hydrogens (tertiary/aromatic N) is 5. The number of aromatic nitrogens is 2. The number of piperidine rings is 2. The van der Waals surface area contributed by atoms with Crippen molar-refractivity contribution in [1.82, 2.24) is 19.8 Å². The fourth-order valence-electron chi connectivity index (χ4n) is 6.16. The summed E-state index contributed by atoms with van der Waals surface area (Å²) in [4.78, 5) is 40.6. The highest BCUT2D eigenvalue weighted by atomic mass is 19.4. The molecule has 3 aliphatic rings. The van der Waals surface area contributed by atoms with Gasteiger partial charge in [-0.1, -0.05) is 12.5 Å². The molecular weight excluding hydrogens is 497 g/mol. The van der Waals surface area contributed by atoms with E-state index in [4.69, 9.17) is 5.73 Å². The molecule has 204 valence electrons. The van der Waals surface area contributed by atoms with Crippen LogP contribution in [-0.4, -0.2) is 69.8 Å². The Morgan fingerprint density at radius 2 is 1.68 bits per heavy atom. The molecule has 0 bridgehead atoms. The normalized spacial score (nSPS) is 20.2. The molecule has 2 saturated heterocycles. The minimum atomic E-state index is -4.41. The first-order valence-electron chi connectivity index (χ1n) is 13.2. The topological polar surface area (TPSA) is 95.7 Å². The Kier molecular flexibility index (Phi) is 7.06. The van der Waals surface area contributed by atoms with Gasteiger partial charge in [0.25, 0.3) is 5.91 Å². The van der Waals surface area contributed by atoms with Crippen molar-refractivity contribution in [3.63, 3.8) is 0 Å². The van der Waals surface area contributed by atoms with Crippen LogP contribution in [0.3, 0.4) is 0 Å². The Labute approximate surface area is 220 Å². The van der Waals surface area contributed by atoms with E-state index < -0.39 is 17.3 Å². The molecule has 38 heavy (non-hydrogen) atoms. The van der Waals surface area contributed by atoms with Crippen LogP contribution in [0.1, 0.15) is 64.8 Å². The average Bonchev–Trinajstić information content (AvgIpc) is 2.92. The molecule has 1 aromatic carbocycles. The molecule has 11 heteroatoms. The number of nitrogens with two attached hydrogens (primary N) is 1. The van der Waals surface area contributed by atoms with Crippen molar-refractivity contribution in [1.29, 1.82) is 0 Å². The van der Waals surface area contributed by atoms with Crippen LogP contribution >= 0.6 is 0 Å². The first kappa shape index (κ1) is 26.4. The first-order chi connectivity index (χ1) is 18.1. The Hall–Kier alpha value is -3.21. The van der Waals surface area contributed by atoms with Gasteiger partial charge in [-0.15, -0.1) is 0 Å². The van der Waals surface area contributed by atoms with Crippen molar-refractivity contribution in [2.75, 3.05) is 37.6 Å². The lowest BCUT2D eigenvalue weighted by Gasteiger charge is -2.48. The molecule has 5 rings (SSSR count). The molecule has 2 N–H and O–H groups in total. The van der Waals surface area contributed by atoms with E-state index in [1.54, 1.807) is 17.9 Å². The van der Waals surface area contributed by atoms with Crippen molar-refractivity contribution in [3.8, 4) is 0 Å². The quantitative estimate of drug-likeness (QED) is 0.652. The van der Waals surface area contributed by atoms with E-state index >= 15 is 0 Å². The third kappa shape index (κ3) is 4.83. The predicted molar refractivity (Wildman–Crippen MR) is 135 cm³/mol. The Morgan fingerprint density at radius 3 is 2.34 bits per heavy atom. The number of hydrogen-bond acceptors (Lipinski definition) is 6. The van der Waals surface area contributed by atoms with E-state index in [2.05, 4.69) is 14.9 Å².